The van der Waals surface area contributed by atoms with Crippen LogP contribution in [0.15, 0.2) is 42.5 Å². The standard InChI is InChI=1S/C22H25N3O3/c1-2-27-21-13-17(14-23)8-9-20(21)28-16-22(26)24-19-7-5-6-18(12-19)15-25-10-3-4-11-25/h5-9,12-13H,2-4,10-11,15-16H2,1H3,(H,24,26). The van der Waals surface area contributed by atoms with Gasteiger partial charge in [0.1, 0.15) is 0 Å². The number of carbonyl (C=O) groups excluding carboxylic acids is 1. The van der Waals surface area contributed by atoms with Crippen LogP contribution in [0.4, 0.5) is 5.69 Å². The van der Waals surface area contributed by atoms with Crippen molar-refractivity contribution in [2.45, 2.75) is 26.3 Å². The molecule has 0 unspecified atom stereocenters. The molecule has 0 saturated carbocycles. The molecule has 6 heteroatoms. The van der Waals surface area contributed by atoms with Crippen molar-refractivity contribution in [2.75, 3.05) is 31.6 Å². The van der Waals surface area contributed by atoms with E-state index in [2.05, 4.69) is 22.4 Å². The Morgan fingerprint density at radius 2 is 1.96 bits per heavy atom. The molecule has 0 bridgehead atoms. The van der Waals surface area contributed by atoms with E-state index >= 15 is 0 Å². The van der Waals surface area contributed by atoms with Gasteiger partial charge in [0.05, 0.1) is 18.2 Å². The molecule has 1 aliphatic heterocycles. The molecule has 1 N–H and O–H groups in total. The van der Waals surface area contributed by atoms with E-state index in [-0.39, 0.29) is 12.5 Å². The normalized spacial score (nSPS) is 13.7. The third kappa shape index (κ3) is 5.48. The SMILES string of the molecule is CCOc1cc(C#N)ccc1OCC(=O)Nc1cccc(CN2CCCC2)c1. The second-order valence-corrected chi connectivity index (χ2v) is 6.73. The van der Waals surface area contributed by atoms with Gasteiger partial charge in [-0.2, -0.15) is 5.26 Å². The molecular formula is C22H25N3O3. The molecule has 0 spiro atoms. The lowest BCUT2D eigenvalue weighted by atomic mass is 10.2. The maximum atomic E-state index is 12.3. The summed E-state index contributed by atoms with van der Waals surface area (Å²) in [7, 11) is 0. The van der Waals surface area contributed by atoms with Crippen LogP contribution in [0.3, 0.4) is 0 Å². The molecule has 2 aromatic rings. The van der Waals surface area contributed by atoms with E-state index in [9.17, 15) is 4.79 Å². The van der Waals surface area contributed by atoms with Gasteiger partial charge in [-0.05, 0) is 62.7 Å². The van der Waals surface area contributed by atoms with E-state index in [0.717, 1.165) is 25.3 Å². The predicted molar refractivity (Wildman–Crippen MR) is 107 cm³/mol. The van der Waals surface area contributed by atoms with Crippen molar-refractivity contribution in [3.05, 3.63) is 53.6 Å². The van der Waals surface area contributed by atoms with Gasteiger partial charge in [-0.25, -0.2) is 0 Å². The summed E-state index contributed by atoms with van der Waals surface area (Å²) in [6, 6.07) is 14.9. The van der Waals surface area contributed by atoms with Crippen molar-refractivity contribution in [1.82, 2.24) is 4.90 Å². The van der Waals surface area contributed by atoms with Gasteiger partial charge in [-0.1, -0.05) is 12.1 Å². The second kappa shape index (κ2) is 9.77. The van der Waals surface area contributed by atoms with Crippen LogP contribution in [0.1, 0.15) is 30.9 Å². The third-order valence-electron chi connectivity index (χ3n) is 4.55. The summed E-state index contributed by atoms with van der Waals surface area (Å²) in [6.45, 7) is 5.34. The Labute approximate surface area is 165 Å². The number of hydrogen-bond acceptors (Lipinski definition) is 5. The van der Waals surface area contributed by atoms with Crippen molar-refractivity contribution < 1.29 is 14.3 Å². The highest BCUT2D eigenvalue weighted by Crippen LogP contribution is 2.28. The van der Waals surface area contributed by atoms with Crippen LogP contribution in [0, 0.1) is 11.3 Å². The van der Waals surface area contributed by atoms with E-state index in [4.69, 9.17) is 14.7 Å². The van der Waals surface area contributed by atoms with Crippen molar-refractivity contribution in [2.24, 2.45) is 0 Å². The van der Waals surface area contributed by atoms with Gasteiger partial charge < -0.3 is 14.8 Å². The Hall–Kier alpha value is -3.04. The van der Waals surface area contributed by atoms with Crippen LogP contribution in [0.5, 0.6) is 11.5 Å². The lowest BCUT2D eigenvalue weighted by Crippen LogP contribution is -2.21. The number of nitrogens with zero attached hydrogens (tertiary/aromatic N) is 2. The van der Waals surface area contributed by atoms with E-state index < -0.39 is 0 Å². The molecule has 3 rings (SSSR count). The molecular weight excluding hydrogens is 354 g/mol. The lowest BCUT2D eigenvalue weighted by molar-refractivity contribution is -0.118. The van der Waals surface area contributed by atoms with E-state index in [0.29, 0.717) is 23.7 Å². The first kappa shape index (κ1) is 19.7. The van der Waals surface area contributed by atoms with Crippen LogP contribution >= 0.6 is 0 Å². The fourth-order valence-electron chi connectivity index (χ4n) is 3.25. The first-order valence-electron chi connectivity index (χ1n) is 9.59. The number of amides is 1. The number of hydrogen-bond donors (Lipinski definition) is 1. The van der Waals surface area contributed by atoms with Crippen molar-refractivity contribution in [1.29, 1.82) is 5.26 Å². The van der Waals surface area contributed by atoms with Gasteiger partial charge in [-0.15, -0.1) is 0 Å². The summed E-state index contributed by atoms with van der Waals surface area (Å²) in [5, 5.41) is 11.9. The smallest absolute Gasteiger partial charge is 0.262 e. The summed E-state index contributed by atoms with van der Waals surface area (Å²) in [6.07, 6.45) is 2.51. The number of nitrogens with one attached hydrogen (secondary N) is 1. The molecule has 0 radical (unpaired) electrons. The largest absolute Gasteiger partial charge is 0.490 e. The fourth-order valence-corrected chi connectivity index (χ4v) is 3.25. The van der Waals surface area contributed by atoms with Gasteiger partial charge in [0, 0.05) is 18.3 Å². The molecule has 1 heterocycles. The topological polar surface area (TPSA) is 74.6 Å². The Kier molecular flexibility index (Phi) is 6.88. The predicted octanol–water partition coefficient (Wildman–Crippen LogP) is 3.57. The highest BCUT2D eigenvalue weighted by Gasteiger charge is 2.13. The lowest BCUT2D eigenvalue weighted by Gasteiger charge is -2.15. The summed E-state index contributed by atoms with van der Waals surface area (Å²) < 4.78 is 11.1. The molecule has 28 heavy (non-hydrogen) atoms. The van der Waals surface area contributed by atoms with Crippen LogP contribution in [0.2, 0.25) is 0 Å². The van der Waals surface area contributed by atoms with Crippen molar-refractivity contribution in [3.8, 4) is 17.6 Å². The second-order valence-electron chi connectivity index (χ2n) is 6.73. The molecule has 1 aliphatic rings. The minimum atomic E-state index is -0.245. The molecule has 0 atom stereocenters. The van der Waals surface area contributed by atoms with Crippen LogP contribution < -0.4 is 14.8 Å². The first-order valence-corrected chi connectivity index (χ1v) is 9.59. The van der Waals surface area contributed by atoms with Crippen LogP contribution in [-0.4, -0.2) is 37.1 Å². The molecule has 1 saturated heterocycles. The number of ether oxygens (including phenoxy) is 2. The minimum absolute atomic E-state index is 0.137. The highest BCUT2D eigenvalue weighted by atomic mass is 16.5. The van der Waals surface area contributed by atoms with E-state index in [1.165, 1.54) is 18.4 Å². The van der Waals surface area contributed by atoms with Gasteiger partial charge in [-0.3, -0.25) is 9.69 Å². The summed E-state index contributed by atoms with van der Waals surface area (Å²) in [4.78, 5) is 14.7. The van der Waals surface area contributed by atoms with Crippen molar-refractivity contribution in [3.63, 3.8) is 0 Å². The van der Waals surface area contributed by atoms with Gasteiger partial charge in [0.2, 0.25) is 0 Å². The quantitative estimate of drug-likeness (QED) is 0.759. The van der Waals surface area contributed by atoms with Gasteiger partial charge in [0.15, 0.2) is 18.1 Å². The fraction of sp³-hybridized carbons (Fsp3) is 0.364. The number of anilines is 1. The maximum Gasteiger partial charge on any atom is 0.262 e. The number of rotatable bonds is 8. The Balaban J connectivity index is 1.56. The Morgan fingerprint density at radius 1 is 1.14 bits per heavy atom. The number of carbonyl (C=O) groups is 1. The Bertz CT molecular complexity index is 854. The molecule has 146 valence electrons. The summed E-state index contributed by atoms with van der Waals surface area (Å²) in [5.74, 6) is 0.658. The van der Waals surface area contributed by atoms with Crippen LogP contribution in [0.25, 0.3) is 0 Å². The molecule has 6 nitrogen and oxygen atoms in total. The monoisotopic (exact) mass is 379 g/mol. The molecule has 2 aromatic carbocycles. The van der Waals surface area contributed by atoms with Crippen LogP contribution in [-0.2, 0) is 11.3 Å². The van der Waals surface area contributed by atoms with Crippen molar-refractivity contribution >= 4 is 11.6 Å². The van der Waals surface area contributed by atoms with E-state index in [1.807, 2.05) is 25.1 Å². The average molecular weight is 379 g/mol. The first-order chi connectivity index (χ1) is 13.7. The van der Waals surface area contributed by atoms with E-state index in [1.54, 1.807) is 18.2 Å². The maximum absolute atomic E-state index is 12.3. The third-order valence-corrected chi connectivity index (χ3v) is 4.55. The zero-order valence-corrected chi connectivity index (χ0v) is 16.1. The molecule has 1 amide bonds. The van der Waals surface area contributed by atoms with Gasteiger partial charge >= 0.3 is 0 Å². The average Bonchev–Trinajstić information content (AvgIpc) is 3.20. The molecule has 0 aliphatic carbocycles. The summed E-state index contributed by atoms with van der Waals surface area (Å²) >= 11 is 0. The zero-order valence-electron chi connectivity index (χ0n) is 16.1. The number of nitriles is 1. The highest BCUT2D eigenvalue weighted by molar-refractivity contribution is 5.92. The summed E-state index contributed by atoms with van der Waals surface area (Å²) in [5.41, 5.74) is 2.43. The molecule has 0 aromatic heterocycles. The molecule has 1 fully saturated rings. The number of likely N-dealkylation sites (tertiary alicyclic amines) is 1. The minimum Gasteiger partial charge on any atom is -0.490 e. The van der Waals surface area contributed by atoms with Gasteiger partial charge in [0.25, 0.3) is 5.91 Å². The zero-order chi connectivity index (χ0) is 19.8. The Morgan fingerprint density at radius 3 is 2.71 bits per heavy atom. The number of benzene rings is 2.